The van der Waals surface area contributed by atoms with E-state index >= 15 is 0 Å². The average molecular weight is 325 g/mol. The largest absolute Gasteiger partial charge is 0.361 e. The SMILES string of the molecule is Cc1cc(C(=O)Nc2nc(-c3ccc4c(c3)CCC4)cs2)no1. The zero-order chi connectivity index (χ0) is 15.8. The Bertz CT molecular complexity index is 882. The number of nitrogens with zero attached hydrogens (tertiary/aromatic N) is 2. The van der Waals surface area contributed by atoms with Crippen molar-refractivity contribution in [1.29, 1.82) is 0 Å². The molecule has 23 heavy (non-hydrogen) atoms. The fraction of sp³-hybridized carbons (Fsp3) is 0.235. The summed E-state index contributed by atoms with van der Waals surface area (Å²) < 4.78 is 4.91. The van der Waals surface area contributed by atoms with Gasteiger partial charge >= 0.3 is 0 Å². The number of nitrogens with one attached hydrogen (secondary N) is 1. The molecule has 6 heteroatoms. The maximum atomic E-state index is 12.1. The molecule has 2 heterocycles. The Morgan fingerprint density at radius 1 is 1.26 bits per heavy atom. The van der Waals surface area contributed by atoms with Gasteiger partial charge in [-0.1, -0.05) is 17.3 Å². The van der Waals surface area contributed by atoms with Crippen LogP contribution < -0.4 is 5.32 Å². The van der Waals surface area contributed by atoms with E-state index in [1.165, 1.54) is 35.3 Å². The number of hydrogen-bond donors (Lipinski definition) is 1. The van der Waals surface area contributed by atoms with Crippen LogP contribution in [0.25, 0.3) is 11.3 Å². The van der Waals surface area contributed by atoms with Crippen molar-refractivity contribution < 1.29 is 9.32 Å². The number of aromatic nitrogens is 2. The quantitative estimate of drug-likeness (QED) is 0.794. The number of carbonyl (C=O) groups is 1. The maximum absolute atomic E-state index is 12.1. The fourth-order valence-corrected chi connectivity index (χ4v) is 3.54. The molecule has 1 aromatic carbocycles. The summed E-state index contributed by atoms with van der Waals surface area (Å²) >= 11 is 1.41. The number of hydrogen-bond acceptors (Lipinski definition) is 5. The van der Waals surface area contributed by atoms with Crippen molar-refractivity contribution >= 4 is 22.4 Å². The topological polar surface area (TPSA) is 68.0 Å². The molecule has 0 unspecified atom stereocenters. The van der Waals surface area contributed by atoms with Crippen LogP contribution in [-0.2, 0) is 12.8 Å². The first-order valence-corrected chi connectivity index (χ1v) is 8.39. The summed E-state index contributed by atoms with van der Waals surface area (Å²) in [5, 5.41) is 8.99. The Labute approximate surface area is 137 Å². The molecule has 0 fully saturated rings. The highest BCUT2D eigenvalue weighted by Gasteiger charge is 2.15. The van der Waals surface area contributed by atoms with Crippen molar-refractivity contribution in [2.75, 3.05) is 5.32 Å². The molecule has 1 amide bonds. The lowest BCUT2D eigenvalue weighted by Gasteiger charge is -2.02. The van der Waals surface area contributed by atoms with E-state index in [9.17, 15) is 4.79 Å². The van der Waals surface area contributed by atoms with Crippen molar-refractivity contribution in [2.45, 2.75) is 26.2 Å². The van der Waals surface area contributed by atoms with E-state index < -0.39 is 0 Å². The minimum Gasteiger partial charge on any atom is -0.361 e. The Balaban J connectivity index is 1.54. The first-order valence-electron chi connectivity index (χ1n) is 7.51. The predicted molar refractivity (Wildman–Crippen MR) is 88.8 cm³/mol. The average Bonchev–Trinajstić information content (AvgIpc) is 3.26. The molecule has 0 radical (unpaired) electrons. The molecule has 116 valence electrons. The minimum atomic E-state index is -0.309. The lowest BCUT2D eigenvalue weighted by atomic mass is 10.1. The van der Waals surface area contributed by atoms with Gasteiger partial charge in [-0.05, 0) is 43.4 Å². The molecule has 0 atom stereocenters. The van der Waals surface area contributed by atoms with Crippen molar-refractivity contribution in [1.82, 2.24) is 10.1 Å². The second-order valence-corrected chi connectivity index (χ2v) is 6.51. The van der Waals surface area contributed by atoms with E-state index in [-0.39, 0.29) is 11.6 Å². The molecule has 1 N–H and O–H groups in total. The number of aryl methyl sites for hydroxylation is 3. The molecule has 3 aromatic rings. The number of anilines is 1. The number of amides is 1. The van der Waals surface area contributed by atoms with Gasteiger partial charge in [0.15, 0.2) is 10.8 Å². The highest BCUT2D eigenvalue weighted by Crippen LogP contribution is 2.30. The number of thiazole rings is 1. The smallest absolute Gasteiger partial charge is 0.279 e. The summed E-state index contributed by atoms with van der Waals surface area (Å²) in [6.45, 7) is 1.75. The van der Waals surface area contributed by atoms with Crippen LogP contribution in [0, 0.1) is 6.92 Å². The second-order valence-electron chi connectivity index (χ2n) is 5.65. The number of fused-ring (bicyclic) bond motifs is 1. The van der Waals surface area contributed by atoms with Crippen LogP contribution in [0.2, 0.25) is 0 Å². The highest BCUT2D eigenvalue weighted by atomic mass is 32.1. The lowest BCUT2D eigenvalue weighted by Crippen LogP contribution is -2.11. The summed E-state index contributed by atoms with van der Waals surface area (Å²) in [7, 11) is 0. The van der Waals surface area contributed by atoms with E-state index in [0.717, 1.165) is 17.7 Å². The van der Waals surface area contributed by atoms with Gasteiger partial charge in [-0.2, -0.15) is 0 Å². The third-order valence-corrected chi connectivity index (χ3v) is 4.74. The molecule has 0 saturated carbocycles. The Morgan fingerprint density at radius 2 is 2.13 bits per heavy atom. The van der Waals surface area contributed by atoms with Gasteiger partial charge in [-0.25, -0.2) is 4.98 Å². The molecule has 1 aliphatic rings. The van der Waals surface area contributed by atoms with Crippen LogP contribution in [0.15, 0.2) is 34.2 Å². The van der Waals surface area contributed by atoms with Crippen LogP contribution >= 0.6 is 11.3 Å². The van der Waals surface area contributed by atoms with Gasteiger partial charge in [-0.15, -0.1) is 11.3 Å². The third kappa shape index (κ3) is 2.77. The van der Waals surface area contributed by atoms with Gasteiger partial charge in [0.1, 0.15) is 5.76 Å². The van der Waals surface area contributed by atoms with E-state index in [0.29, 0.717) is 10.9 Å². The van der Waals surface area contributed by atoms with Gasteiger partial charge < -0.3 is 4.52 Å². The molecular weight excluding hydrogens is 310 g/mol. The number of carbonyl (C=O) groups excluding carboxylic acids is 1. The Hall–Kier alpha value is -2.47. The first-order chi connectivity index (χ1) is 11.2. The summed E-state index contributed by atoms with van der Waals surface area (Å²) in [6, 6.07) is 8.10. The third-order valence-electron chi connectivity index (χ3n) is 3.98. The van der Waals surface area contributed by atoms with E-state index in [2.05, 4.69) is 33.7 Å². The molecular formula is C17H15N3O2S. The standard InChI is InChI=1S/C17H15N3O2S/c1-10-7-14(20-22-10)16(21)19-17-18-15(9-23-17)13-6-5-11-3-2-4-12(11)8-13/h5-9H,2-4H2,1H3,(H,18,19,21). The molecule has 5 nitrogen and oxygen atoms in total. The molecule has 0 aliphatic heterocycles. The van der Waals surface area contributed by atoms with Gasteiger partial charge in [0.25, 0.3) is 5.91 Å². The van der Waals surface area contributed by atoms with Gasteiger partial charge in [-0.3, -0.25) is 10.1 Å². The predicted octanol–water partition coefficient (Wildman–Crippen LogP) is 3.85. The summed E-state index contributed by atoms with van der Waals surface area (Å²) in [5.74, 6) is 0.296. The van der Waals surface area contributed by atoms with Crippen LogP contribution in [0.1, 0.15) is 33.8 Å². The molecule has 4 rings (SSSR count). The van der Waals surface area contributed by atoms with E-state index in [4.69, 9.17) is 4.52 Å². The van der Waals surface area contributed by atoms with Crippen molar-refractivity contribution in [3.8, 4) is 11.3 Å². The Morgan fingerprint density at radius 3 is 2.96 bits per heavy atom. The zero-order valence-corrected chi connectivity index (χ0v) is 13.4. The van der Waals surface area contributed by atoms with Gasteiger partial charge in [0, 0.05) is 17.0 Å². The molecule has 0 bridgehead atoms. The summed E-state index contributed by atoms with van der Waals surface area (Å²) in [5.41, 5.74) is 5.10. The van der Waals surface area contributed by atoms with Crippen LogP contribution in [0.5, 0.6) is 0 Å². The summed E-state index contributed by atoms with van der Waals surface area (Å²) in [6.07, 6.45) is 3.54. The number of rotatable bonds is 3. The maximum Gasteiger partial charge on any atom is 0.279 e. The van der Waals surface area contributed by atoms with Crippen LogP contribution in [0.4, 0.5) is 5.13 Å². The molecule has 0 spiro atoms. The van der Waals surface area contributed by atoms with Crippen molar-refractivity contribution in [2.24, 2.45) is 0 Å². The number of benzene rings is 1. The van der Waals surface area contributed by atoms with Crippen LogP contribution in [-0.4, -0.2) is 16.0 Å². The van der Waals surface area contributed by atoms with Crippen molar-refractivity contribution in [3.63, 3.8) is 0 Å². The molecule has 0 saturated heterocycles. The summed E-state index contributed by atoms with van der Waals surface area (Å²) in [4.78, 5) is 16.6. The normalized spacial score (nSPS) is 13.1. The van der Waals surface area contributed by atoms with Crippen LogP contribution in [0.3, 0.4) is 0 Å². The Kier molecular flexibility index (Phi) is 3.46. The van der Waals surface area contributed by atoms with E-state index in [1.807, 2.05) is 5.38 Å². The van der Waals surface area contributed by atoms with Crippen molar-refractivity contribution in [3.05, 3.63) is 52.2 Å². The first kappa shape index (κ1) is 14.1. The monoisotopic (exact) mass is 325 g/mol. The fourth-order valence-electron chi connectivity index (χ4n) is 2.83. The highest BCUT2D eigenvalue weighted by molar-refractivity contribution is 7.14. The molecule has 1 aliphatic carbocycles. The van der Waals surface area contributed by atoms with Gasteiger partial charge in [0.2, 0.25) is 0 Å². The zero-order valence-electron chi connectivity index (χ0n) is 12.6. The second kappa shape index (κ2) is 5.62. The molecule has 2 aromatic heterocycles. The van der Waals surface area contributed by atoms with E-state index in [1.54, 1.807) is 13.0 Å². The van der Waals surface area contributed by atoms with Gasteiger partial charge in [0.05, 0.1) is 5.69 Å². The minimum absolute atomic E-state index is 0.261. The lowest BCUT2D eigenvalue weighted by molar-refractivity contribution is 0.101.